The van der Waals surface area contributed by atoms with Crippen molar-refractivity contribution in [3.63, 3.8) is 0 Å². The van der Waals surface area contributed by atoms with E-state index >= 15 is 0 Å². The van der Waals surface area contributed by atoms with Gasteiger partial charge in [-0.3, -0.25) is 4.98 Å². The molecule has 0 radical (unpaired) electrons. The first-order chi connectivity index (χ1) is 8.24. The van der Waals surface area contributed by atoms with Crippen molar-refractivity contribution < 1.29 is 0 Å². The van der Waals surface area contributed by atoms with Gasteiger partial charge in [-0.15, -0.1) is 0 Å². The molecule has 2 N–H and O–H groups in total. The zero-order chi connectivity index (χ0) is 12.1. The van der Waals surface area contributed by atoms with Gasteiger partial charge < -0.3 is 5.73 Å². The van der Waals surface area contributed by atoms with Crippen molar-refractivity contribution in [3.8, 4) is 0 Å². The molecule has 0 saturated carbocycles. The van der Waals surface area contributed by atoms with Gasteiger partial charge in [0.05, 0.1) is 0 Å². The predicted molar refractivity (Wildman–Crippen MR) is 70.5 cm³/mol. The van der Waals surface area contributed by atoms with Crippen molar-refractivity contribution in [2.75, 3.05) is 0 Å². The molecule has 1 atom stereocenters. The highest BCUT2D eigenvalue weighted by molar-refractivity contribution is 5.26. The molecule has 2 aromatic rings. The summed E-state index contributed by atoms with van der Waals surface area (Å²) >= 11 is 0. The smallest absolute Gasteiger partial charge is 0.0462 e. The second-order valence-corrected chi connectivity index (χ2v) is 4.37. The topological polar surface area (TPSA) is 38.9 Å². The Kier molecular flexibility index (Phi) is 3.55. The number of nitrogens with zero attached hydrogens (tertiary/aromatic N) is 1. The van der Waals surface area contributed by atoms with E-state index in [1.165, 1.54) is 5.56 Å². The molecule has 0 fully saturated rings. The SMILES string of the molecule is CCC(N)(Cc1ccccn1)c1ccccc1. The highest BCUT2D eigenvalue weighted by Crippen LogP contribution is 2.25. The summed E-state index contributed by atoms with van der Waals surface area (Å²) in [4.78, 5) is 4.36. The van der Waals surface area contributed by atoms with Gasteiger partial charge in [0.2, 0.25) is 0 Å². The average Bonchev–Trinajstić information content (AvgIpc) is 2.41. The standard InChI is InChI=1S/C15H18N2/c1-2-15(16,13-8-4-3-5-9-13)12-14-10-6-7-11-17-14/h3-11H,2,12,16H2,1H3. The molecule has 0 aliphatic heterocycles. The van der Waals surface area contributed by atoms with Crippen LogP contribution in [-0.4, -0.2) is 4.98 Å². The van der Waals surface area contributed by atoms with Crippen LogP contribution in [0.4, 0.5) is 0 Å². The molecule has 0 saturated heterocycles. The highest BCUT2D eigenvalue weighted by atomic mass is 14.8. The summed E-state index contributed by atoms with van der Waals surface area (Å²) in [6.07, 6.45) is 3.48. The lowest BCUT2D eigenvalue weighted by atomic mass is 9.84. The highest BCUT2D eigenvalue weighted by Gasteiger charge is 2.25. The normalized spacial score (nSPS) is 14.2. The largest absolute Gasteiger partial charge is 0.321 e. The summed E-state index contributed by atoms with van der Waals surface area (Å²) in [5.74, 6) is 0. The van der Waals surface area contributed by atoms with Crippen LogP contribution < -0.4 is 5.73 Å². The van der Waals surface area contributed by atoms with Gasteiger partial charge in [0, 0.05) is 23.9 Å². The Labute approximate surface area is 103 Å². The predicted octanol–water partition coefficient (Wildman–Crippen LogP) is 2.89. The maximum atomic E-state index is 6.51. The molecule has 0 aliphatic carbocycles. The lowest BCUT2D eigenvalue weighted by Crippen LogP contribution is -2.38. The molecule has 1 aromatic heterocycles. The van der Waals surface area contributed by atoms with E-state index < -0.39 is 0 Å². The van der Waals surface area contributed by atoms with Crippen molar-refractivity contribution >= 4 is 0 Å². The number of aromatic nitrogens is 1. The monoisotopic (exact) mass is 226 g/mol. The zero-order valence-corrected chi connectivity index (χ0v) is 10.1. The average molecular weight is 226 g/mol. The zero-order valence-electron chi connectivity index (χ0n) is 10.1. The molecular weight excluding hydrogens is 208 g/mol. The number of nitrogens with two attached hydrogens (primary N) is 1. The van der Waals surface area contributed by atoms with Gasteiger partial charge in [-0.05, 0) is 24.1 Å². The summed E-state index contributed by atoms with van der Waals surface area (Å²) in [5, 5.41) is 0. The molecule has 2 heteroatoms. The minimum absolute atomic E-state index is 0.324. The lowest BCUT2D eigenvalue weighted by Gasteiger charge is -2.28. The van der Waals surface area contributed by atoms with Crippen LogP contribution >= 0.6 is 0 Å². The second-order valence-electron chi connectivity index (χ2n) is 4.37. The molecule has 0 bridgehead atoms. The van der Waals surface area contributed by atoms with Crippen LogP contribution in [0.2, 0.25) is 0 Å². The Morgan fingerprint density at radius 2 is 1.76 bits per heavy atom. The maximum absolute atomic E-state index is 6.51. The Balaban J connectivity index is 2.27. The minimum Gasteiger partial charge on any atom is -0.321 e. The van der Waals surface area contributed by atoms with Gasteiger partial charge in [0.1, 0.15) is 0 Å². The summed E-state index contributed by atoms with van der Waals surface area (Å²) in [5.41, 5.74) is 8.40. The summed E-state index contributed by atoms with van der Waals surface area (Å²) < 4.78 is 0. The van der Waals surface area contributed by atoms with E-state index in [4.69, 9.17) is 5.73 Å². The number of rotatable bonds is 4. The molecule has 1 heterocycles. The number of hydrogen-bond donors (Lipinski definition) is 1. The third-order valence-electron chi connectivity index (χ3n) is 3.20. The van der Waals surface area contributed by atoms with Gasteiger partial charge in [-0.25, -0.2) is 0 Å². The maximum Gasteiger partial charge on any atom is 0.0462 e. The quantitative estimate of drug-likeness (QED) is 0.870. The molecular formula is C15H18N2. The molecule has 0 amide bonds. The van der Waals surface area contributed by atoms with Crippen LogP contribution in [0.15, 0.2) is 54.7 Å². The van der Waals surface area contributed by atoms with Crippen molar-refractivity contribution in [3.05, 3.63) is 66.0 Å². The van der Waals surface area contributed by atoms with Gasteiger partial charge in [-0.2, -0.15) is 0 Å². The second kappa shape index (κ2) is 5.11. The lowest BCUT2D eigenvalue weighted by molar-refractivity contribution is 0.420. The molecule has 2 nitrogen and oxygen atoms in total. The summed E-state index contributed by atoms with van der Waals surface area (Å²) in [7, 11) is 0. The van der Waals surface area contributed by atoms with Crippen LogP contribution in [0.5, 0.6) is 0 Å². The van der Waals surface area contributed by atoms with Crippen LogP contribution in [0.25, 0.3) is 0 Å². The van der Waals surface area contributed by atoms with Crippen molar-refractivity contribution in [1.29, 1.82) is 0 Å². The Bertz CT molecular complexity index is 453. The van der Waals surface area contributed by atoms with E-state index in [0.29, 0.717) is 0 Å². The van der Waals surface area contributed by atoms with E-state index in [-0.39, 0.29) is 5.54 Å². The van der Waals surface area contributed by atoms with Crippen molar-refractivity contribution in [2.45, 2.75) is 25.3 Å². The van der Waals surface area contributed by atoms with Crippen molar-refractivity contribution in [2.24, 2.45) is 5.73 Å². The molecule has 2 rings (SSSR count). The molecule has 88 valence electrons. The van der Waals surface area contributed by atoms with Crippen LogP contribution in [0.3, 0.4) is 0 Å². The van der Waals surface area contributed by atoms with E-state index in [1.54, 1.807) is 0 Å². The number of pyridine rings is 1. The molecule has 1 unspecified atom stereocenters. The molecule has 0 spiro atoms. The summed E-state index contributed by atoms with van der Waals surface area (Å²) in [6, 6.07) is 16.2. The van der Waals surface area contributed by atoms with Crippen molar-refractivity contribution in [1.82, 2.24) is 4.98 Å². The van der Waals surface area contributed by atoms with Gasteiger partial charge in [0.25, 0.3) is 0 Å². The van der Waals surface area contributed by atoms with E-state index in [0.717, 1.165) is 18.5 Å². The first-order valence-corrected chi connectivity index (χ1v) is 5.99. The van der Waals surface area contributed by atoms with Gasteiger partial charge >= 0.3 is 0 Å². The van der Waals surface area contributed by atoms with Gasteiger partial charge in [0.15, 0.2) is 0 Å². The third-order valence-corrected chi connectivity index (χ3v) is 3.20. The Hall–Kier alpha value is -1.67. The van der Waals surface area contributed by atoms with E-state index in [2.05, 4.69) is 24.0 Å². The Morgan fingerprint density at radius 3 is 2.35 bits per heavy atom. The van der Waals surface area contributed by atoms with Crippen LogP contribution in [0, 0.1) is 0 Å². The molecule has 0 aliphatic rings. The van der Waals surface area contributed by atoms with Gasteiger partial charge in [-0.1, -0.05) is 43.3 Å². The van der Waals surface area contributed by atoms with Crippen LogP contribution in [0.1, 0.15) is 24.6 Å². The molecule has 1 aromatic carbocycles. The fourth-order valence-electron chi connectivity index (χ4n) is 2.03. The first-order valence-electron chi connectivity index (χ1n) is 5.99. The fourth-order valence-corrected chi connectivity index (χ4v) is 2.03. The molecule has 17 heavy (non-hydrogen) atoms. The van der Waals surface area contributed by atoms with E-state index in [9.17, 15) is 0 Å². The van der Waals surface area contributed by atoms with Crippen LogP contribution in [-0.2, 0) is 12.0 Å². The fraction of sp³-hybridized carbons (Fsp3) is 0.267. The Morgan fingerprint density at radius 1 is 1.06 bits per heavy atom. The third kappa shape index (κ3) is 2.71. The number of hydrogen-bond acceptors (Lipinski definition) is 2. The number of benzene rings is 1. The van der Waals surface area contributed by atoms with E-state index in [1.807, 2.05) is 42.6 Å². The summed E-state index contributed by atoms with van der Waals surface area (Å²) in [6.45, 7) is 2.12. The minimum atomic E-state index is -0.324. The first kappa shape index (κ1) is 11.8.